The number of aryl methyl sites for hydroxylation is 1. The summed E-state index contributed by atoms with van der Waals surface area (Å²) in [7, 11) is 0. The van der Waals surface area contributed by atoms with Crippen LogP contribution in [-0.4, -0.2) is 56.2 Å². The maximum absolute atomic E-state index is 13.3. The fourth-order valence-corrected chi connectivity index (χ4v) is 4.36. The molecule has 1 amide bonds. The maximum atomic E-state index is 13.3. The Hall–Kier alpha value is -3.75. The van der Waals surface area contributed by atoms with Crippen molar-refractivity contribution < 1.29 is 9.18 Å². The first-order valence-electron chi connectivity index (χ1n) is 11.2. The molecule has 0 atom stereocenters. The molecular formula is C24H25FN6O2. The molecule has 2 aromatic carbocycles. The normalized spacial score (nSPS) is 14.4. The molecule has 1 aliphatic heterocycles. The highest BCUT2D eigenvalue weighted by atomic mass is 19.1. The first-order chi connectivity index (χ1) is 16.0. The van der Waals surface area contributed by atoms with Crippen LogP contribution >= 0.6 is 0 Å². The fraction of sp³-hybridized carbons (Fsp3) is 0.333. The number of halogens is 1. The van der Waals surface area contributed by atoms with Crippen molar-refractivity contribution >= 4 is 28.1 Å². The third-order valence-corrected chi connectivity index (χ3v) is 6.09. The highest BCUT2D eigenvalue weighted by Crippen LogP contribution is 2.19. The van der Waals surface area contributed by atoms with Gasteiger partial charge in [0.2, 0.25) is 5.91 Å². The summed E-state index contributed by atoms with van der Waals surface area (Å²) in [4.78, 5) is 34.9. The SMILES string of the molecule is CCCc1nc2c3ccccc3n(CC(=O)N3CCN(c4ccc(F)cc4)CC3)c(=O)n2n1. The summed E-state index contributed by atoms with van der Waals surface area (Å²) >= 11 is 0. The number of anilines is 1. The Balaban J connectivity index is 1.39. The Kier molecular flexibility index (Phi) is 5.53. The average molecular weight is 449 g/mol. The molecule has 0 unspecified atom stereocenters. The lowest BCUT2D eigenvalue weighted by atomic mass is 10.2. The smallest absolute Gasteiger partial charge is 0.351 e. The molecule has 0 spiro atoms. The third kappa shape index (κ3) is 3.94. The number of carbonyl (C=O) groups excluding carboxylic acids is 1. The molecule has 1 aliphatic rings. The van der Waals surface area contributed by atoms with Crippen LogP contribution in [0.1, 0.15) is 19.2 Å². The number of amides is 1. The zero-order chi connectivity index (χ0) is 22.9. The number of fused-ring (bicyclic) bond motifs is 3. The molecule has 0 bridgehead atoms. The molecular weight excluding hydrogens is 423 g/mol. The van der Waals surface area contributed by atoms with Gasteiger partial charge in [-0.2, -0.15) is 4.52 Å². The second-order valence-corrected chi connectivity index (χ2v) is 8.24. The summed E-state index contributed by atoms with van der Waals surface area (Å²) in [5.41, 5.74) is 1.77. The number of hydrogen-bond donors (Lipinski definition) is 0. The Morgan fingerprint density at radius 1 is 1.03 bits per heavy atom. The predicted octanol–water partition coefficient (Wildman–Crippen LogP) is 2.48. The van der Waals surface area contributed by atoms with E-state index in [2.05, 4.69) is 15.0 Å². The molecule has 4 aromatic rings. The van der Waals surface area contributed by atoms with Gasteiger partial charge in [-0.05, 0) is 42.8 Å². The molecule has 2 aromatic heterocycles. The monoisotopic (exact) mass is 448 g/mol. The molecule has 3 heterocycles. The molecule has 0 N–H and O–H groups in total. The largest absolute Gasteiger partial charge is 0.368 e. The summed E-state index contributed by atoms with van der Waals surface area (Å²) in [6.07, 6.45) is 1.57. The Morgan fingerprint density at radius 3 is 2.48 bits per heavy atom. The molecule has 33 heavy (non-hydrogen) atoms. The number of piperazine rings is 1. The van der Waals surface area contributed by atoms with Crippen molar-refractivity contribution in [2.75, 3.05) is 31.1 Å². The van der Waals surface area contributed by atoms with Crippen LogP contribution in [0.2, 0.25) is 0 Å². The molecule has 1 saturated heterocycles. The Bertz CT molecular complexity index is 1370. The van der Waals surface area contributed by atoms with Crippen LogP contribution in [0.4, 0.5) is 10.1 Å². The van der Waals surface area contributed by atoms with Gasteiger partial charge in [0.15, 0.2) is 11.5 Å². The van der Waals surface area contributed by atoms with Gasteiger partial charge in [-0.15, -0.1) is 5.10 Å². The van der Waals surface area contributed by atoms with Crippen LogP contribution in [0.25, 0.3) is 16.6 Å². The van der Waals surface area contributed by atoms with Crippen molar-refractivity contribution in [3.63, 3.8) is 0 Å². The number of aromatic nitrogens is 4. The van der Waals surface area contributed by atoms with Crippen molar-refractivity contribution in [3.05, 3.63) is 70.7 Å². The van der Waals surface area contributed by atoms with E-state index in [9.17, 15) is 14.0 Å². The van der Waals surface area contributed by atoms with Crippen molar-refractivity contribution in [1.82, 2.24) is 24.1 Å². The van der Waals surface area contributed by atoms with Gasteiger partial charge in [0.1, 0.15) is 12.4 Å². The van der Waals surface area contributed by atoms with E-state index in [4.69, 9.17) is 0 Å². The average Bonchev–Trinajstić information content (AvgIpc) is 3.27. The summed E-state index contributed by atoms with van der Waals surface area (Å²) in [6, 6.07) is 13.9. The fourth-order valence-electron chi connectivity index (χ4n) is 4.36. The lowest BCUT2D eigenvalue weighted by Crippen LogP contribution is -2.50. The van der Waals surface area contributed by atoms with Gasteiger partial charge in [0.25, 0.3) is 0 Å². The van der Waals surface area contributed by atoms with E-state index in [0.29, 0.717) is 49.6 Å². The van der Waals surface area contributed by atoms with Crippen molar-refractivity contribution in [1.29, 1.82) is 0 Å². The van der Waals surface area contributed by atoms with Crippen LogP contribution in [-0.2, 0) is 17.8 Å². The summed E-state index contributed by atoms with van der Waals surface area (Å²) in [5.74, 6) is 0.242. The standard InChI is InChI=1S/C24H25FN6O2/c1-2-5-21-26-23-19-6-3-4-7-20(19)30(24(33)31(23)27-21)16-22(32)29-14-12-28(13-15-29)18-10-8-17(25)9-11-18/h3-4,6-11H,2,5,12-16H2,1H3. The van der Waals surface area contributed by atoms with E-state index in [1.54, 1.807) is 17.0 Å². The van der Waals surface area contributed by atoms with E-state index < -0.39 is 0 Å². The maximum Gasteiger partial charge on any atom is 0.351 e. The molecule has 0 aliphatic carbocycles. The van der Waals surface area contributed by atoms with Gasteiger partial charge in [-0.3, -0.25) is 9.36 Å². The number of nitrogens with zero attached hydrogens (tertiary/aromatic N) is 6. The molecule has 0 saturated carbocycles. The quantitative estimate of drug-likeness (QED) is 0.469. The van der Waals surface area contributed by atoms with Crippen LogP contribution in [0.3, 0.4) is 0 Å². The topological polar surface area (TPSA) is 75.7 Å². The van der Waals surface area contributed by atoms with Crippen molar-refractivity contribution in [2.45, 2.75) is 26.3 Å². The van der Waals surface area contributed by atoms with Crippen LogP contribution in [0.15, 0.2) is 53.3 Å². The lowest BCUT2D eigenvalue weighted by molar-refractivity contribution is -0.132. The second-order valence-electron chi connectivity index (χ2n) is 8.24. The zero-order valence-electron chi connectivity index (χ0n) is 18.4. The summed E-state index contributed by atoms with van der Waals surface area (Å²) < 4.78 is 16.0. The van der Waals surface area contributed by atoms with Crippen LogP contribution in [0.5, 0.6) is 0 Å². The molecule has 8 nitrogen and oxygen atoms in total. The van der Waals surface area contributed by atoms with Crippen LogP contribution in [0, 0.1) is 5.82 Å². The molecule has 5 rings (SSSR count). The number of hydrogen-bond acceptors (Lipinski definition) is 5. The first kappa shape index (κ1) is 21.1. The highest BCUT2D eigenvalue weighted by molar-refractivity contribution is 5.92. The van der Waals surface area contributed by atoms with Gasteiger partial charge in [-0.1, -0.05) is 19.1 Å². The molecule has 1 fully saturated rings. The van der Waals surface area contributed by atoms with Gasteiger partial charge >= 0.3 is 5.69 Å². The zero-order valence-corrected chi connectivity index (χ0v) is 18.4. The van der Waals surface area contributed by atoms with Crippen molar-refractivity contribution in [2.24, 2.45) is 0 Å². The minimum Gasteiger partial charge on any atom is -0.368 e. The first-order valence-corrected chi connectivity index (χ1v) is 11.2. The van der Waals surface area contributed by atoms with Gasteiger partial charge < -0.3 is 9.80 Å². The lowest BCUT2D eigenvalue weighted by Gasteiger charge is -2.36. The molecule has 0 radical (unpaired) electrons. The van der Waals surface area contributed by atoms with E-state index in [-0.39, 0.29) is 24.0 Å². The van der Waals surface area contributed by atoms with Gasteiger partial charge in [-0.25, -0.2) is 14.2 Å². The minimum atomic E-state index is -0.364. The van der Waals surface area contributed by atoms with Crippen LogP contribution < -0.4 is 10.6 Å². The predicted molar refractivity (Wildman–Crippen MR) is 124 cm³/mol. The summed E-state index contributed by atoms with van der Waals surface area (Å²) in [5, 5.41) is 5.19. The Labute approximate surface area is 189 Å². The molecule has 9 heteroatoms. The van der Waals surface area contributed by atoms with E-state index in [0.717, 1.165) is 17.5 Å². The number of benzene rings is 2. The van der Waals surface area contributed by atoms with Gasteiger partial charge in [0, 0.05) is 43.7 Å². The Morgan fingerprint density at radius 2 is 1.76 bits per heavy atom. The van der Waals surface area contributed by atoms with E-state index >= 15 is 0 Å². The summed E-state index contributed by atoms with van der Waals surface area (Å²) in [6.45, 7) is 4.35. The minimum absolute atomic E-state index is 0.0607. The number of rotatable bonds is 5. The van der Waals surface area contributed by atoms with E-state index in [1.807, 2.05) is 31.2 Å². The van der Waals surface area contributed by atoms with Gasteiger partial charge in [0.05, 0.1) is 5.52 Å². The number of para-hydroxylation sites is 1. The van der Waals surface area contributed by atoms with E-state index in [1.165, 1.54) is 21.2 Å². The second kappa shape index (κ2) is 8.65. The number of carbonyl (C=O) groups is 1. The van der Waals surface area contributed by atoms with Crippen molar-refractivity contribution in [3.8, 4) is 0 Å². The third-order valence-electron chi connectivity index (χ3n) is 6.09. The highest BCUT2D eigenvalue weighted by Gasteiger charge is 2.23. The molecule has 170 valence electrons.